The van der Waals surface area contributed by atoms with Crippen LogP contribution in [-0.2, 0) is 12.1 Å². The average Bonchev–Trinajstić information content (AvgIpc) is 2.90. The molecule has 2 rings (SSSR count). The fraction of sp³-hybridized carbons (Fsp3) is 0.375. The standard InChI is InChI=1S/C16H20N4O4/c1-4-19-14(13(20(23)24)11(2)18-19)15(21)17-10-16(3,22)12-8-6-5-7-9-12/h5-9,22H,4,10H2,1-3H3,(H,17,21). The van der Waals surface area contributed by atoms with Crippen LogP contribution in [0.1, 0.15) is 35.6 Å². The first-order valence-electron chi connectivity index (χ1n) is 7.55. The first-order chi connectivity index (χ1) is 11.3. The van der Waals surface area contributed by atoms with Gasteiger partial charge in [0.1, 0.15) is 11.3 Å². The van der Waals surface area contributed by atoms with E-state index in [4.69, 9.17) is 0 Å². The van der Waals surface area contributed by atoms with Gasteiger partial charge in [-0.1, -0.05) is 30.3 Å². The van der Waals surface area contributed by atoms with Crippen molar-refractivity contribution >= 4 is 11.6 Å². The summed E-state index contributed by atoms with van der Waals surface area (Å²) < 4.78 is 1.29. The highest BCUT2D eigenvalue weighted by atomic mass is 16.6. The Hall–Kier alpha value is -2.74. The van der Waals surface area contributed by atoms with Gasteiger partial charge in [0, 0.05) is 6.54 Å². The van der Waals surface area contributed by atoms with Crippen LogP contribution < -0.4 is 5.32 Å². The van der Waals surface area contributed by atoms with Gasteiger partial charge >= 0.3 is 5.69 Å². The summed E-state index contributed by atoms with van der Waals surface area (Å²) in [6.45, 7) is 5.04. The minimum absolute atomic E-state index is 0.0824. The number of nitrogens with one attached hydrogen (secondary N) is 1. The highest BCUT2D eigenvalue weighted by molar-refractivity contribution is 5.97. The summed E-state index contributed by atoms with van der Waals surface area (Å²) in [6, 6.07) is 8.88. The number of aliphatic hydroxyl groups is 1. The number of hydrogen-bond donors (Lipinski definition) is 2. The molecule has 24 heavy (non-hydrogen) atoms. The monoisotopic (exact) mass is 332 g/mol. The van der Waals surface area contributed by atoms with Crippen molar-refractivity contribution < 1.29 is 14.8 Å². The molecule has 0 bridgehead atoms. The van der Waals surface area contributed by atoms with Crippen LogP contribution in [0, 0.1) is 17.0 Å². The van der Waals surface area contributed by atoms with Crippen molar-refractivity contribution in [3.63, 3.8) is 0 Å². The van der Waals surface area contributed by atoms with Crippen LogP contribution in [0.25, 0.3) is 0 Å². The molecule has 1 amide bonds. The Kier molecular flexibility index (Phi) is 4.99. The van der Waals surface area contributed by atoms with Crippen LogP contribution in [0.5, 0.6) is 0 Å². The molecule has 0 aliphatic carbocycles. The summed E-state index contributed by atoms with van der Waals surface area (Å²) in [5.41, 5.74) is -0.892. The van der Waals surface area contributed by atoms with Crippen molar-refractivity contribution in [2.24, 2.45) is 0 Å². The number of nitro groups is 1. The number of amides is 1. The van der Waals surface area contributed by atoms with Gasteiger partial charge in [0.15, 0.2) is 0 Å². The molecule has 0 aliphatic rings. The Balaban J connectivity index is 2.23. The minimum atomic E-state index is -1.29. The van der Waals surface area contributed by atoms with Crippen molar-refractivity contribution in [3.8, 4) is 0 Å². The first kappa shape index (κ1) is 17.6. The lowest BCUT2D eigenvalue weighted by Gasteiger charge is -2.24. The number of rotatable bonds is 6. The van der Waals surface area contributed by atoms with Crippen LogP contribution in [0.2, 0.25) is 0 Å². The van der Waals surface area contributed by atoms with Gasteiger partial charge in [-0.25, -0.2) is 0 Å². The second-order valence-corrected chi connectivity index (χ2v) is 5.68. The fourth-order valence-corrected chi connectivity index (χ4v) is 2.48. The maximum atomic E-state index is 12.5. The molecule has 0 spiro atoms. The molecule has 1 aromatic heterocycles. The van der Waals surface area contributed by atoms with Crippen molar-refractivity contribution in [2.75, 3.05) is 6.54 Å². The number of aromatic nitrogens is 2. The third kappa shape index (κ3) is 3.43. The summed E-state index contributed by atoms with van der Waals surface area (Å²) in [6.07, 6.45) is 0. The highest BCUT2D eigenvalue weighted by Crippen LogP contribution is 2.24. The van der Waals surface area contributed by atoms with E-state index in [0.717, 1.165) is 0 Å². The molecule has 1 heterocycles. The highest BCUT2D eigenvalue weighted by Gasteiger charge is 2.31. The second kappa shape index (κ2) is 6.79. The van der Waals surface area contributed by atoms with Crippen molar-refractivity contribution in [3.05, 3.63) is 57.4 Å². The van der Waals surface area contributed by atoms with Crippen molar-refractivity contribution in [1.82, 2.24) is 15.1 Å². The predicted octanol–water partition coefficient (Wildman–Crippen LogP) is 1.76. The molecule has 0 fully saturated rings. The quantitative estimate of drug-likeness (QED) is 0.618. The Morgan fingerprint density at radius 2 is 2.04 bits per heavy atom. The normalized spacial score (nSPS) is 13.3. The first-order valence-corrected chi connectivity index (χ1v) is 7.55. The third-order valence-corrected chi connectivity index (χ3v) is 3.78. The number of nitrogens with zero attached hydrogens (tertiary/aromatic N) is 3. The second-order valence-electron chi connectivity index (χ2n) is 5.68. The van der Waals surface area contributed by atoms with E-state index in [2.05, 4.69) is 10.4 Å². The maximum Gasteiger partial charge on any atom is 0.322 e. The number of carbonyl (C=O) groups excluding carboxylic acids is 1. The lowest BCUT2D eigenvalue weighted by Crippen LogP contribution is -2.39. The van der Waals surface area contributed by atoms with E-state index in [0.29, 0.717) is 12.1 Å². The SMILES string of the molecule is CCn1nc(C)c([N+](=O)[O-])c1C(=O)NCC(C)(O)c1ccccc1. The predicted molar refractivity (Wildman–Crippen MR) is 87.6 cm³/mol. The van der Waals surface area contributed by atoms with E-state index in [9.17, 15) is 20.0 Å². The van der Waals surface area contributed by atoms with Crippen LogP contribution in [-0.4, -0.2) is 32.3 Å². The molecule has 8 heteroatoms. The smallest absolute Gasteiger partial charge is 0.322 e. The molecule has 0 saturated heterocycles. The Bertz CT molecular complexity index is 753. The van der Waals surface area contributed by atoms with E-state index in [1.165, 1.54) is 11.6 Å². The number of benzene rings is 1. The average molecular weight is 332 g/mol. The summed E-state index contributed by atoms with van der Waals surface area (Å²) in [4.78, 5) is 23.1. The van der Waals surface area contributed by atoms with E-state index in [1.54, 1.807) is 38.1 Å². The van der Waals surface area contributed by atoms with Crippen LogP contribution in [0.15, 0.2) is 30.3 Å². The third-order valence-electron chi connectivity index (χ3n) is 3.78. The molecule has 8 nitrogen and oxygen atoms in total. The lowest BCUT2D eigenvalue weighted by molar-refractivity contribution is -0.385. The molecule has 1 atom stereocenters. The van der Waals surface area contributed by atoms with Gasteiger partial charge in [-0.3, -0.25) is 19.6 Å². The molecular formula is C16H20N4O4. The zero-order chi connectivity index (χ0) is 17.9. The van der Waals surface area contributed by atoms with Crippen LogP contribution >= 0.6 is 0 Å². The summed E-state index contributed by atoms with van der Waals surface area (Å²) in [5, 5.41) is 28.3. The number of hydrogen-bond acceptors (Lipinski definition) is 5. The van der Waals surface area contributed by atoms with E-state index in [1.807, 2.05) is 6.07 Å². The van der Waals surface area contributed by atoms with Gasteiger partial charge in [0.25, 0.3) is 5.91 Å². The van der Waals surface area contributed by atoms with Gasteiger partial charge in [-0.15, -0.1) is 0 Å². The maximum absolute atomic E-state index is 12.5. The molecule has 2 aromatic rings. The number of carbonyl (C=O) groups is 1. The van der Waals surface area contributed by atoms with Crippen molar-refractivity contribution in [2.45, 2.75) is 32.9 Å². The molecule has 1 aromatic carbocycles. The van der Waals surface area contributed by atoms with Gasteiger partial charge in [-0.2, -0.15) is 5.10 Å². The lowest BCUT2D eigenvalue weighted by atomic mass is 9.96. The van der Waals surface area contributed by atoms with E-state index in [-0.39, 0.29) is 23.6 Å². The molecule has 0 saturated carbocycles. The summed E-state index contributed by atoms with van der Waals surface area (Å²) in [5.74, 6) is -0.639. The van der Waals surface area contributed by atoms with E-state index >= 15 is 0 Å². The van der Waals surface area contributed by atoms with Crippen molar-refractivity contribution in [1.29, 1.82) is 0 Å². The zero-order valence-corrected chi connectivity index (χ0v) is 13.8. The van der Waals surface area contributed by atoms with Gasteiger partial charge in [-0.05, 0) is 26.3 Å². The van der Waals surface area contributed by atoms with E-state index < -0.39 is 16.4 Å². The van der Waals surface area contributed by atoms with Gasteiger partial charge < -0.3 is 10.4 Å². The summed E-state index contributed by atoms with van der Waals surface area (Å²) >= 11 is 0. The Labute approximate surface area is 139 Å². The van der Waals surface area contributed by atoms with Gasteiger partial charge in [0.2, 0.25) is 5.69 Å². The molecule has 1 unspecified atom stereocenters. The molecule has 0 aliphatic heterocycles. The fourth-order valence-electron chi connectivity index (χ4n) is 2.48. The Morgan fingerprint density at radius 3 is 2.58 bits per heavy atom. The minimum Gasteiger partial charge on any atom is -0.384 e. The Morgan fingerprint density at radius 1 is 1.42 bits per heavy atom. The molecule has 2 N–H and O–H groups in total. The number of aryl methyl sites for hydroxylation is 2. The summed E-state index contributed by atoms with van der Waals surface area (Å²) in [7, 11) is 0. The zero-order valence-electron chi connectivity index (χ0n) is 13.8. The largest absolute Gasteiger partial charge is 0.384 e. The molecule has 0 radical (unpaired) electrons. The topological polar surface area (TPSA) is 110 Å². The molecule has 128 valence electrons. The van der Waals surface area contributed by atoms with Gasteiger partial charge in [0.05, 0.1) is 11.5 Å². The van der Waals surface area contributed by atoms with Crippen LogP contribution in [0.4, 0.5) is 5.69 Å². The molecular weight excluding hydrogens is 312 g/mol. The van der Waals surface area contributed by atoms with Crippen LogP contribution in [0.3, 0.4) is 0 Å².